The van der Waals surface area contributed by atoms with Crippen LogP contribution in [0, 0.1) is 5.82 Å². The van der Waals surface area contributed by atoms with Gasteiger partial charge in [-0.3, -0.25) is 4.68 Å². The molecule has 2 N–H and O–H groups in total. The molecule has 0 aliphatic rings. The fraction of sp³-hybridized carbons (Fsp3) is 0.357. The molecule has 0 spiro atoms. The van der Waals surface area contributed by atoms with E-state index < -0.39 is 0 Å². The van der Waals surface area contributed by atoms with E-state index in [-0.39, 0.29) is 17.6 Å². The Morgan fingerprint density at radius 2 is 2.26 bits per heavy atom. The Kier molecular flexibility index (Phi) is 4.16. The molecule has 0 saturated carbocycles. The summed E-state index contributed by atoms with van der Waals surface area (Å²) in [5.41, 5.74) is 7.89. The predicted molar refractivity (Wildman–Crippen MR) is 71.5 cm³/mol. The minimum absolute atomic E-state index is 0.231. The van der Waals surface area contributed by atoms with Crippen LogP contribution in [-0.2, 0) is 13.0 Å². The monoisotopic (exact) mass is 263 g/mol. The van der Waals surface area contributed by atoms with Crippen molar-refractivity contribution < 1.29 is 9.13 Å². The Hall–Kier alpha value is -1.88. The average molecular weight is 263 g/mol. The van der Waals surface area contributed by atoms with Crippen LogP contribution < -0.4 is 10.5 Å². The van der Waals surface area contributed by atoms with Gasteiger partial charge in [0.25, 0.3) is 0 Å². The summed E-state index contributed by atoms with van der Waals surface area (Å²) in [6.07, 6.45) is 4.38. The van der Waals surface area contributed by atoms with E-state index in [4.69, 9.17) is 10.5 Å². The van der Waals surface area contributed by atoms with Crippen molar-refractivity contribution in [3.63, 3.8) is 0 Å². The van der Waals surface area contributed by atoms with Crippen molar-refractivity contribution in [3.05, 3.63) is 47.5 Å². The highest BCUT2D eigenvalue weighted by Crippen LogP contribution is 2.22. The van der Waals surface area contributed by atoms with Gasteiger partial charge in [-0.1, -0.05) is 6.07 Å². The number of methoxy groups -OCH3 is 1. The van der Waals surface area contributed by atoms with Gasteiger partial charge >= 0.3 is 0 Å². The third-order valence-corrected chi connectivity index (χ3v) is 3.07. The lowest BCUT2D eigenvalue weighted by atomic mass is 10.0. The van der Waals surface area contributed by atoms with Crippen LogP contribution in [-0.4, -0.2) is 16.9 Å². The first-order chi connectivity index (χ1) is 9.13. The predicted octanol–water partition coefficient (Wildman–Crippen LogP) is 2.29. The first-order valence-corrected chi connectivity index (χ1v) is 6.24. The molecule has 0 radical (unpaired) electrons. The number of hydrogen-bond donors (Lipinski definition) is 1. The highest BCUT2D eigenvalue weighted by atomic mass is 19.1. The summed E-state index contributed by atoms with van der Waals surface area (Å²) in [6, 6.07) is 4.56. The first kappa shape index (κ1) is 13.5. The number of aryl methyl sites for hydroxylation is 1. The van der Waals surface area contributed by atoms with Crippen molar-refractivity contribution >= 4 is 0 Å². The maximum Gasteiger partial charge on any atom is 0.165 e. The number of ether oxygens (including phenoxy) is 1. The van der Waals surface area contributed by atoms with Crippen LogP contribution in [0.1, 0.15) is 24.1 Å². The molecule has 19 heavy (non-hydrogen) atoms. The summed E-state index contributed by atoms with van der Waals surface area (Å²) in [7, 11) is 1.44. The molecular formula is C14H18FN3O. The van der Waals surface area contributed by atoms with Gasteiger partial charge in [0.15, 0.2) is 11.6 Å². The molecule has 0 bridgehead atoms. The fourth-order valence-electron chi connectivity index (χ4n) is 1.97. The molecular weight excluding hydrogens is 245 g/mol. The third kappa shape index (κ3) is 3.12. The van der Waals surface area contributed by atoms with Crippen molar-refractivity contribution in [2.45, 2.75) is 25.9 Å². The second kappa shape index (κ2) is 5.84. The molecule has 1 heterocycles. The topological polar surface area (TPSA) is 53.1 Å². The summed E-state index contributed by atoms with van der Waals surface area (Å²) in [4.78, 5) is 0. The van der Waals surface area contributed by atoms with E-state index in [0.717, 1.165) is 17.7 Å². The lowest BCUT2D eigenvalue weighted by Crippen LogP contribution is -2.13. The summed E-state index contributed by atoms with van der Waals surface area (Å²) in [5.74, 6) is -0.158. The number of aromatic nitrogens is 2. The van der Waals surface area contributed by atoms with Gasteiger partial charge in [0.05, 0.1) is 13.3 Å². The highest BCUT2D eigenvalue weighted by molar-refractivity contribution is 5.31. The average Bonchev–Trinajstić information content (AvgIpc) is 2.86. The van der Waals surface area contributed by atoms with Crippen LogP contribution in [0.2, 0.25) is 0 Å². The van der Waals surface area contributed by atoms with E-state index in [1.807, 2.05) is 17.8 Å². The van der Waals surface area contributed by atoms with Gasteiger partial charge in [-0.05, 0) is 36.6 Å². The Balaban J connectivity index is 2.10. The molecule has 0 fully saturated rings. The molecule has 4 nitrogen and oxygen atoms in total. The van der Waals surface area contributed by atoms with Crippen LogP contribution in [0.4, 0.5) is 4.39 Å². The molecule has 1 unspecified atom stereocenters. The molecule has 1 atom stereocenters. The first-order valence-electron chi connectivity index (χ1n) is 6.24. The maximum atomic E-state index is 13.6. The van der Waals surface area contributed by atoms with E-state index in [2.05, 4.69) is 5.10 Å². The molecule has 2 rings (SSSR count). The number of rotatable bonds is 5. The molecule has 5 heteroatoms. The van der Waals surface area contributed by atoms with E-state index in [1.54, 1.807) is 18.3 Å². The molecule has 0 saturated heterocycles. The molecule has 0 aliphatic heterocycles. The van der Waals surface area contributed by atoms with Crippen molar-refractivity contribution in [1.82, 2.24) is 9.78 Å². The van der Waals surface area contributed by atoms with E-state index >= 15 is 0 Å². The van der Waals surface area contributed by atoms with Crippen molar-refractivity contribution in [3.8, 4) is 5.75 Å². The van der Waals surface area contributed by atoms with Crippen molar-refractivity contribution in [2.75, 3.05) is 7.11 Å². The Labute approximate surface area is 112 Å². The largest absolute Gasteiger partial charge is 0.494 e. The minimum atomic E-state index is -0.389. The zero-order chi connectivity index (χ0) is 13.8. The lowest BCUT2D eigenvalue weighted by molar-refractivity contribution is 0.386. The maximum absolute atomic E-state index is 13.6. The van der Waals surface area contributed by atoms with Gasteiger partial charge in [0, 0.05) is 18.8 Å². The van der Waals surface area contributed by atoms with Crippen LogP contribution in [0.25, 0.3) is 0 Å². The van der Waals surface area contributed by atoms with E-state index in [9.17, 15) is 4.39 Å². The van der Waals surface area contributed by atoms with Gasteiger partial charge in [-0.15, -0.1) is 0 Å². The van der Waals surface area contributed by atoms with Gasteiger partial charge in [-0.2, -0.15) is 5.10 Å². The number of hydrogen-bond acceptors (Lipinski definition) is 3. The van der Waals surface area contributed by atoms with Gasteiger partial charge in [-0.25, -0.2) is 4.39 Å². The van der Waals surface area contributed by atoms with Crippen molar-refractivity contribution in [2.24, 2.45) is 5.73 Å². The van der Waals surface area contributed by atoms with Crippen molar-refractivity contribution in [1.29, 1.82) is 0 Å². The second-order valence-corrected chi connectivity index (χ2v) is 4.41. The number of nitrogens with zero attached hydrogens (tertiary/aromatic N) is 2. The summed E-state index contributed by atoms with van der Waals surface area (Å²) in [6.45, 7) is 2.85. The summed E-state index contributed by atoms with van der Waals surface area (Å²) in [5, 5.41) is 4.19. The fourth-order valence-corrected chi connectivity index (χ4v) is 1.97. The van der Waals surface area contributed by atoms with E-state index in [1.165, 1.54) is 13.2 Å². The summed E-state index contributed by atoms with van der Waals surface area (Å²) < 4.78 is 20.3. The zero-order valence-electron chi connectivity index (χ0n) is 11.1. The molecule has 2 aromatic rings. The minimum Gasteiger partial charge on any atom is -0.494 e. The molecule has 0 amide bonds. The SMILES string of the molecule is CCn1cc(CC(N)c2ccc(OC)c(F)c2)cn1. The quantitative estimate of drug-likeness (QED) is 0.900. The van der Waals surface area contributed by atoms with Crippen LogP contribution in [0.3, 0.4) is 0 Å². The van der Waals surface area contributed by atoms with Gasteiger partial charge in [0.1, 0.15) is 0 Å². The Morgan fingerprint density at radius 3 is 2.84 bits per heavy atom. The third-order valence-electron chi connectivity index (χ3n) is 3.07. The Morgan fingerprint density at radius 1 is 1.47 bits per heavy atom. The second-order valence-electron chi connectivity index (χ2n) is 4.41. The van der Waals surface area contributed by atoms with Crippen LogP contribution in [0.15, 0.2) is 30.6 Å². The Bertz CT molecular complexity index is 553. The zero-order valence-corrected chi connectivity index (χ0v) is 11.1. The van der Waals surface area contributed by atoms with Gasteiger partial charge < -0.3 is 10.5 Å². The van der Waals surface area contributed by atoms with Crippen LogP contribution in [0.5, 0.6) is 5.75 Å². The van der Waals surface area contributed by atoms with Crippen LogP contribution >= 0.6 is 0 Å². The number of halogens is 1. The normalized spacial score (nSPS) is 12.4. The number of benzene rings is 1. The summed E-state index contributed by atoms with van der Waals surface area (Å²) >= 11 is 0. The lowest BCUT2D eigenvalue weighted by Gasteiger charge is -2.12. The van der Waals surface area contributed by atoms with Gasteiger partial charge in [0.2, 0.25) is 0 Å². The smallest absolute Gasteiger partial charge is 0.165 e. The highest BCUT2D eigenvalue weighted by Gasteiger charge is 2.11. The molecule has 0 aliphatic carbocycles. The molecule has 1 aromatic carbocycles. The number of nitrogens with two attached hydrogens (primary N) is 1. The molecule has 1 aromatic heterocycles. The standard InChI is InChI=1S/C14H18FN3O/c1-3-18-9-10(8-17-18)6-13(16)11-4-5-14(19-2)12(15)7-11/h4-5,7-9,13H,3,6,16H2,1-2H3. The van der Waals surface area contributed by atoms with E-state index in [0.29, 0.717) is 6.42 Å². The molecule has 102 valence electrons.